The maximum Gasteiger partial charge on any atom is 0.150 e. The molecule has 108 valence electrons. The molecule has 0 fully saturated rings. The van der Waals surface area contributed by atoms with Crippen LogP contribution < -0.4 is 5.73 Å². The normalized spacial score (nSPS) is 21.1. The molecule has 2 unspecified atom stereocenters. The zero-order valence-electron chi connectivity index (χ0n) is 11.5. The number of rotatable bonds is 6. The van der Waals surface area contributed by atoms with Gasteiger partial charge in [-0.05, 0) is 49.1 Å². The first-order valence-electron chi connectivity index (χ1n) is 7.06. The van der Waals surface area contributed by atoms with Gasteiger partial charge in [0.25, 0.3) is 0 Å². The van der Waals surface area contributed by atoms with Crippen molar-refractivity contribution in [3.8, 4) is 0 Å². The van der Waals surface area contributed by atoms with Crippen molar-refractivity contribution in [1.29, 1.82) is 0 Å². The molecule has 1 aliphatic rings. The van der Waals surface area contributed by atoms with Crippen molar-refractivity contribution in [3.63, 3.8) is 0 Å². The summed E-state index contributed by atoms with van der Waals surface area (Å²) < 4.78 is 22.9. The number of hydrogen-bond acceptors (Lipinski definition) is 4. The SMILES string of the molecule is CCS(=O)(=O)CCCC(N)C1CCCc2sccc21. The van der Waals surface area contributed by atoms with E-state index in [2.05, 4.69) is 11.4 Å². The zero-order chi connectivity index (χ0) is 13.9. The van der Waals surface area contributed by atoms with E-state index in [9.17, 15) is 8.42 Å². The van der Waals surface area contributed by atoms with Gasteiger partial charge >= 0.3 is 0 Å². The van der Waals surface area contributed by atoms with Gasteiger partial charge in [-0.1, -0.05) is 6.92 Å². The Morgan fingerprint density at radius 1 is 1.53 bits per heavy atom. The van der Waals surface area contributed by atoms with Crippen molar-refractivity contribution in [2.75, 3.05) is 11.5 Å². The second kappa shape index (κ2) is 6.37. The molecule has 3 nitrogen and oxygen atoms in total. The summed E-state index contributed by atoms with van der Waals surface area (Å²) in [5.41, 5.74) is 7.72. The average molecular weight is 301 g/mol. The zero-order valence-corrected chi connectivity index (χ0v) is 13.1. The highest BCUT2D eigenvalue weighted by Crippen LogP contribution is 2.37. The van der Waals surface area contributed by atoms with E-state index in [1.165, 1.54) is 23.3 Å². The number of thiophene rings is 1. The Hall–Kier alpha value is -0.390. The summed E-state index contributed by atoms with van der Waals surface area (Å²) in [7, 11) is -2.85. The maximum atomic E-state index is 11.5. The van der Waals surface area contributed by atoms with E-state index in [0.717, 1.165) is 12.8 Å². The van der Waals surface area contributed by atoms with Crippen LogP contribution in [0.15, 0.2) is 11.4 Å². The number of aryl methyl sites for hydroxylation is 1. The largest absolute Gasteiger partial charge is 0.327 e. The molecule has 0 aromatic carbocycles. The van der Waals surface area contributed by atoms with Gasteiger partial charge in [-0.2, -0.15) is 0 Å². The Bertz CT molecular complexity index is 507. The summed E-state index contributed by atoms with van der Waals surface area (Å²) in [4.78, 5) is 1.48. The monoisotopic (exact) mass is 301 g/mol. The molecule has 0 amide bonds. The summed E-state index contributed by atoms with van der Waals surface area (Å²) in [5.74, 6) is 0.945. The molecule has 2 N–H and O–H groups in total. The lowest BCUT2D eigenvalue weighted by molar-refractivity contribution is 0.441. The van der Waals surface area contributed by atoms with Crippen LogP contribution in [0.5, 0.6) is 0 Å². The number of hydrogen-bond donors (Lipinski definition) is 1. The second-order valence-electron chi connectivity index (χ2n) is 5.34. The smallest absolute Gasteiger partial charge is 0.150 e. The molecule has 0 aliphatic heterocycles. The molecule has 0 spiro atoms. The predicted octanol–water partition coefficient (Wildman–Crippen LogP) is 2.71. The molecular formula is C14H23NO2S2. The highest BCUT2D eigenvalue weighted by molar-refractivity contribution is 7.91. The fourth-order valence-electron chi connectivity index (χ4n) is 2.85. The van der Waals surface area contributed by atoms with Crippen LogP contribution in [0.3, 0.4) is 0 Å². The fraction of sp³-hybridized carbons (Fsp3) is 0.714. The second-order valence-corrected chi connectivity index (χ2v) is 8.81. The first-order chi connectivity index (χ1) is 9.03. The summed E-state index contributed by atoms with van der Waals surface area (Å²) in [6.45, 7) is 1.70. The van der Waals surface area contributed by atoms with E-state index < -0.39 is 9.84 Å². The Morgan fingerprint density at radius 3 is 3.05 bits per heavy atom. The van der Waals surface area contributed by atoms with E-state index in [1.54, 1.807) is 6.92 Å². The van der Waals surface area contributed by atoms with Crippen LogP contribution in [-0.4, -0.2) is 26.0 Å². The molecule has 2 atom stereocenters. The summed E-state index contributed by atoms with van der Waals surface area (Å²) >= 11 is 1.83. The van der Waals surface area contributed by atoms with E-state index in [0.29, 0.717) is 12.3 Å². The minimum atomic E-state index is -2.85. The Labute approximate surface area is 120 Å². The number of nitrogens with two attached hydrogens (primary N) is 1. The molecule has 1 aliphatic carbocycles. The van der Waals surface area contributed by atoms with Crippen molar-refractivity contribution in [2.24, 2.45) is 5.73 Å². The van der Waals surface area contributed by atoms with E-state index in [-0.39, 0.29) is 17.5 Å². The van der Waals surface area contributed by atoms with Crippen LogP contribution in [0.1, 0.15) is 49.0 Å². The van der Waals surface area contributed by atoms with Gasteiger partial charge in [0, 0.05) is 22.6 Å². The Morgan fingerprint density at radius 2 is 2.32 bits per heavy atom. The molecule has 0 radical (unpaired) electrons. The lowest BCUT2D eigenvalue weighted by Crippen LogP contribution is -2.31. The van der Waals surface area contributed by atoms with Crippen LogP contribution in [-0.2, 0) is 16.3 Å². The van der Waals surface area contributed by atoms with Crippen molar-refractivity contribution in [3.05, 3.63) is 21.9 Å². The Balaban J connectivity index is 1.90. The Kier molecular flexibility index (Phi) is 5.03. The van der Waals surface area contributed by atoms with Gasteiger partial charge in [0.2, 0.25) is 0 Å². The van der Waals surface area contributed by atoms with Crippen molar-refractivity contribution in [1.82, 2.24) is 0 Å². The third kappa shape index (κ3) is 3.80. The maximum absolute atomic E-state index is 11.5. The highest BCUT2D eigenvalue weighted by atomic mass is 32.2. The standard InChI is InChI=1S/C14H23NO2S2/c1-2-19(16,17)10-4-6-13(15)11-5-3-7-14-12(11)8-9-18-14/h8-9,11,13H,2-7,10,15H2,1H3. The van der Waals surface area contributed by atoms with Crippen molar-refractivity contribution < 1.29 is 8.42 Å². The number of sulfone groups is 1. The van der Waals surface area contributed by atoms with Gasteiger partial charge in [-0.15, -0.1) is 11.3 Å². The molecule has 0 bridgehead atoms. The molecule has 5 heteroatoms. The fourth-order valence-corrected chi connectivity index (χ4v) is 4.74. The van der Waals surface area contributed by atoms with Crippen LogP contribution in [0.25, 0.3) is 0 Å². The van der Waals surface area contributed by atoms with E-state index in [1.807, 2.05) is 11.3 Å². The minimum Gasteiger partial charge on any atom is -0.327 e. The van der Waals surface area contributed by atoms with Crippen LogP contribution in [0.2, 0.25) is 0 Å². The molecule has 0 saturated carbocycles. The van der Waals surface area contributed by atoms with Gasteiger partial charge in [0.15, 0.2) is 0 Å². The third-order valence-electron chi connectivity index (χ3n) is 4.05. The average Bonchev–Trinajstić information content (AvgIpc) is 2.86. The third-order valence-corrected chi connectivity index (χ3v) is 6.83. The predicted molar refractivity (Wildman–Crippen MR) is 81.5 cm³/mol. The molecule has 19 heavy (non-hydrogen) atoms. The summed E-state index contributed by atoms with van der Waals surface area (Å²) in [5, 5.41) is 2.15. The highest BCUT2D eigenvalue weighted by Gasteiger charge is 2.26. The summed E-state index contributed by atoms with van der Waals surface area (Å²) in [6, 6.07) is 2.30. The first-order valence-corrected chi connectivity index (χ1v) is 9.76. The first kappa shape index (κ1) is 15.0. The number of fused-ring (bicyclic) bond motifs is 1. The van der Waals surface area contributed by atoms with Crippen molar-refractivity contribution >= 4 is 21.2 Å². The van der Waals surface area contributed by atoms with Crippen LogP contribution >= 0.6 is 11.3 Å². The van der Waals surface area contributed by atoms with Crippen LogP contribution in [0.4, 0.5) is 0 Å². The van der Waals surface area contributed by atoms with Gasteiger partial charge < -0.3 is 5.73 Å². The topological polar surface area (TPSA) is 60.2 Å². The molecule has 1 aromatic rings. The van der Waals surface area contributed by atoms with E-state index in [4.69, 9.17) is 5.73 Å². The van der Waals surface area contributed by atoms with Crippen molar-refractivity contribution in [2.45, 2.75) is 51.0 Å². The quantitative estimate of drug-likeness (QED) is 0.879. The minimum absolute atomic E-state index is 0.0979. The summed E-state index contributed by atoms with van der Waals surface area (Å²) in [6.07, 6.45) is 5.03. The lowest BCUT2D eigenvalue weighted by Gasteiger charge is -2.28. The van der Waals surface area contributed by atoms with E-state index >= 15 is 0 Å². The van der Waals surface area contributed by atoms with Gasteiger partial charge in [0.05, 0.1) is 5.75 Å². The molecule has 1 aromatic heterocycles. The molecule has 2 rings (SSSR count). The molecule has 1 heterocycles. The molecular weight excluding hydrogens is 278 g/mol. The van der Waals surface area contributed by atoms with Gasteiger partial charge in [-0.25, -0.2) is 8.42 Å². The lowest BCUT2D eigenvalue weighted by atomic mass is 9.81. The molecule has 0 saturated heterocycles. The van der Waals surface area contributed by atoms with Gasteiger partial charge in [-0.3, -0.25) is 0 Å². The van der Waals surface area contributed by atoms with Crippen LogP contribution in [0, 0.1) is 0 Å². The van der Waals surface area contributed by atoms with Gasteiger partial charge in [0.1, 0.15) is 9.84 Å².